The van der Waals surface area contributed by atoms with E-state index < -0.39 is 33.3 Å². The van der Waals surface area contributed by atoms with Crippen LogP contribution in [0.1, 0.15) is 18.4 Å². The molecule has 0 fully saturated rings. The maximum absolute atomic E-state index is 12.1. The van der Waals surface area contributed by atoms with E-state index in [0.29, 0.717) is 5.56 Å². The van der Waals surface area contributed by atoms with Crippen LogP contribution in [0.3, 0.4) is 0 Å². The average molecular weight is 312 g/mol. The summed E-state index contributed by atoms with van der Waals surface area (Å²) in [6.07, 6.45) is 0. The van der Waals surface area contributed by atoms with Crippen LogP contribution in [0.15, 0.2) is 24.3 Å². The number of benzene rings is 1. The van der Waals surface area contributed by atoms with Gasteiger partial charge in [-0.15, -0.1) is 0 Å². The number of carbonyl (C=O) groups is 1. The number of alkyl halides is 3. The fourth-order valence-electron chi connectivity index (χ4n) is 1.30. The summed E-state index contributed by atoms with van der Waals surface area (Å²) < 4.78 is 66.3. The SMILES string of the molecule is COC(=O)C(C)c1ccc(OS(=O)(=O)C(F)(F)F)cc1. The monoisotopic (exact) mass is 312 g/mol. The third-order valence-corrected chi connectivity index (χ3v) is 3.40. The second-order valence-electron chi connectivity index (χ2n) is 3.80. The summed E-state index contributed by atoms with van der Waals surface area (Å²) in [4.78, 5) is 11.3. The van der Waals surface area contributed by atoms with E-state index in [2.05, 4.69) is 8.92 Å². The predicted octanol–water partition coefficient (Wildman–Crippen LogP) is 2.19. The lowest BCUT2D eigenvalue weighted by Gasteiger charge is -2.11. The number of hydrogen-bond donors (Lipinski definition) is 0. The molecule has 0 N–H and O–H groups in total. The minimum atomic E-state index is -5.70. The quantitative estimate of drug-likeness (QED) is 0.484. The molecule has 1 aromatic rings. The highest BCUT2D eigenvalue weighted by Gasteiger charge is 2.48. The zero-order chi connectivity index (χ0) is 15.6. The molecule has 0 bridgehead atoms. The molecule has 0 saturated heterocycles. The summed E-state index contributed by atoms with van der Waals surface area (Å²) in [5.41, 5.74) is -5.04. The maximum atomic E-state index is 12.1. The van der Waals surface area contributed by atoms with Crippen molar-refractivity contribution in [2.24, 2.45) is 0 Å². The molecule has 0 spiro atoms. The zero-order valence-corrected chi connectivity index (χ0v) is 11.3. The summed E-state index contributed by atoms with van der Waals surface area (Å²) >= 11 is 0. The Hall–Kier alpha value is -1.77. The van der Waals surface area contributed by atoms with Crippen LogP contribution in [0.4, 0.5) is 13.2 Å². The third-order valence-electron chi connectivity index (χ3n) is 2.42. The summed E-state index contributed by atoms with van der Waals surface area (Å²) in [6.45, 7) is 1.54. The van der Waals surface area contributed by atoms with Crippen molar-refractivity contribution in [3.05, 3.63) is 29.8 Å². The lowest BCUT2D eigenvalue weighted by Crippen LogP contribution is -2.28. The number of hydrogen-bond acceptors (Lipinski definition) is 5. The molecule has 0 saturated carbocycles. The average Bonchev–Trinajstić information content (AvgIpc) is 2.36. The van der Waals surface area contributed by atoms with Crippen molar-refractivity contribution in [1.82, 2.24) is 0 Å². The van der Waals surface area contributed by atoms with Gasteiger partial charge in [-0.1, -0.05) is 12.1 Å². The van der Waals surface area contributed by atoms with E-state index in [9.17, 15) is 26.4 Å². The van der Waals surface area contributed by atoms with Crippen molar-refractivity contribution in [3.63, 3.8) is 0 Å². The molecule has 1 aromatic carbocycles. The van der Waals surface area contributed by atoms with Crippen LogP contribution in [0.5, 0.6) is 5.75 Å². The molecule has 0 aliphatic rings. The van der Waals surface area contributed by atoms with Gasteiger partial charge in [0.15, 0.2) is 0 Å². The lowest BCUT2D eigenvalue weighted by atomic mass is 10.0. The molecule has 9 heteroatoms. The Morgan fingerprint density at radius 3 is 2.10 bits per heavy atom. The number of methoxy groups -OCH3 is 1. The Kier molecular flexibility index (Phi) is 4.64. The van der Waals surface area contributed by atoms with Gasteiger partial charge in [0, 0.05) is 0 Å². The molecule has 0 aliphatic heterocycles. The van der Waals surface area contributed by atoms with E-state index in [1.165, 1.54) is 26.2 Å². The van der Waals surface area contributed by atoms with Crippen LogP contribution >= 0.6 is 0 Å². The molecule has 0 aliphatic carbocycles. The molecule has 20 heavy (non-hydrogen) atoms. The maximum Gasteiger partial charge on any atom is 0.534 e. The molecular weight excluding hydrogens is 301 g/mol. The van der Waals surface area contributed by atoms with Crippen LogP contribution in [0.2, 0.25) is 0 Å². The number of ether oxygens (including phenoxy) is 1. The number of esters is 1. The number of halogens is 3. The standard InChI is InChI=1S/C11H11F3O5S/c1-7(10(15)18-2)8-3-5-9(6-4-8)19-20(16,17)11(12,13)14/h3-7H,1-2H3. The molecule has 5 nitrogen and oxygen atoms in total. The van der Waals surface area contributed by atoms with Crippen LogP contribution < -0.4 is 4.18 Å². The van der Waals surface area contributed by atoms with E-state index in [-0.39, 0.29) is 0 Å². The summed E-state index contributed by atoms with van der Waals surface area (Å²) in [5.74, 6) is -1.65. The van der Waals surface area contributed by atoms with Gasteiger partial charge in [-0.2, -0.15) is 21.6 Å². The first kappa shape index (κ1) is 16.3. The fourth-order valence-corrected chi connectivity index (χ4v) is 1.76. The summed E-state index contributed by atoms with van der Waals surface area (Å²) in [6, 6.07) is 4.61. The van der Waals surface area contributed by atoms with E-state index in [1.54, 1.807) is 0 Å². The van der Waals surface area contributed by atoms with Crippen molar-refractivity contribution in [2.75, 3.05) is 7.11 Å². The van der Waals surface area contributed by atoms with Crippen molar-refractivity contribution in [1.29, 1.82) is 0 Å². The van der Waals surface area contributed by atoms with Gasteiger partial charge in [-0.3, -0.25) is 4.79 Å². The molecule has 0 radical (unpaired) electrons. The van der Waals surface area contributed by atoms with E-state index >= 15 is 0 Å². The Bertz CT molecular complexity index is 577. The largest absolute Gasteiger partial charge is 0.534 e. The Balaban J connectivity index is 2.91. The fraction of sp³-hybridized carbons (Fsp3) is 0.364. The molecule has 0 aromatic heterocycles. The highest BCUT2D eigenvalue weighted by molar-refractivity contribution is 7.87. The van der Waals surface area contributed by atoms with Crippen LogP contribution in [-0.2, 0) is 19.6 Å². The van der Waals surface area contributed by atoms with E-state index in [4.69, 9.17) is 0 Å². The van der Waals surface area contributed by atoms with Gasteiger partial charge >= 0.3 is 21.6 Å². The van der Waals surface area contributed by atoms with Gasteiger partial charge in [0.1, 0.15) is 5.75 Å². The number of rotatable bonds is 4. The molecular formula is C11H11F3O5S. The number of carbonyl (C=O) groups excluding carboxylic acids is 1. The highest BCUT2D eigenvalue weighted by atomic mass is 32.2. The molecule has 112 valence electrons. The van der Waals surface area contributed by atoms with Crippen molar-refractivity contribution in [2.45, 2.75) is 18.3 Å². The minimum Gasteiger partial charge on any atom is -0.469 e. The minimum absolute atomic E-state index is 0.452. The topological polar surface area (TPSA) is 69.7 Å². The van der Waals surface area contributed by atoms with E-state index in [1.807, 2.05) is 0 Å². The summed E-state index contributed by atoms with van der Waals surface area (Å²) in [5, 5.41) is 0. The van der Waals surface area contributed by atoms with Crippen LogP contribution in [-0.4, -0.2) is 27.0 Å². The second-order valence-corrected chi connectivity index (χ2v) is 5.33. The third kappa shape index (κ3) is 3.62. The molecule has 1 atom stereocenters. The molecule has 1 unspecified atom stereocenters. The summed E-state index contributed by atoms with van der Waals surface area (Å²) in [7, 11) is -4.50. The van der Waals surface area contributed by atoms with E-state index in [0.717, 1.165) is 12.1 Å². The molecule has 0 amide bonds. The van der Waals surface area contributed by atoms with Gasteiger partial charge < -0.3 is 8.92 Å². The normalized spacial score (nSPS) is 13.7. The van der Waals surface area contributed by atoms with Crippen LogP contribution in [0.25, 0.3) is 0 Å². The predicted molar refractivity (Wildman–Crippen MR) is 62.5 cm³/mol. The first-order valence-electron chi connectivity index (χ1n) is 5.27. The Labute approximate surface area is 113 Å². The Morgan fingerprint density at radius 2 is 1.70 bits per heavy atom. The van der Waals surface area contributed by atoms with Crippen molar-refractivity contribution in [3.8, 4) is 5.75 Å². The van der Waals surface area contributed by atoms with Crippen LogP contribution in [0, 0.1) is 0 Å². The van der Waals surface area contributed by atoms with Gasteiger partial charge in [0.05, 0.1) is 13.0 Å². The van der Waals surface area contributed by atoms with Gasteiger partial charge in [0.25, 0.3) is 0 Å². The Morgan fingerprint density at radius 1 is 1.20 bits per heavy atom. The van der Waals surface area contributed by atoms with Gasteiger partial charge in [-0.25, -0.2) is 0 Å². The van der Waals surface area contributed by atoms with Gasteiger partial charge in [0.2, 0.25) is 0 Å². The first-order valence-corrected chi connectivity index (χ1v) is 6.68. The molecule has 0 heterocycles. The van der Waals surface area contributed by atoms with Gasteiger partial charge in [-0.05, 0) is 24.6 Å². The first-order chi connectivity index (χ1) is 9.08. The zero-order valence-electron chi connectivity index (χ0n) is 10.5. The van der Waals surface area contributed by atoms with Crippen molar-refractivity contribution >= 4 is 16.1 Å². The molecule has 1 rings (SSSR count). The lowest BCUT2D eigenvalue weighted by molar-refractivity contribution is -0.142. The van der Waals surface area contributed by atoms with Crippen molar-refractivity contribution < 1.29 is 35.3 Å². The highest BCUT2D eigenvalue weighted by Crippen LogP contribution is 2.28. The smallest absolute Gasteiger partial charge is 0.469 e. The second kappa shape index (κ2) is 5.70.